The van der Waals surface area contributed by atoms with Crippen LogP contribution in [0, 0.1) is 0 Å². The van der Waals surface area contributed by atoms with Crippen molar-refractivity contribution in [2.45, 2.75) is 34.2 Å². The molecule has 30 heavy (non-hydrogen) atoms. The monoisotopic (exact) mass is 476 g/mol. The molecule has 0 fully saturated rings. The molecule has 5 nitrogen and oxygen atoms in total. The van der Waals surface area contributed by atoms with Gasteiger partial charge in [-0.25, -0.2) is 5.43 Å². The molecule has 0 aliphatic heterocycles. The van der Waals surface area contributed by atoms with Crippen LogP contribution in [0.3, 0.4) is 0 Å². The largest absolute Gasteiger partial charge is 0.272 e. The lowest BCUT2D eigenvalue weighted by Gasteiger charge is -2.04. The minimum Gasteiger partial charge on any atom is -0.272 e. The highest BCUT2D eigenvalue weighted by Gasteiger charge is 2.09. The van der Waals surface area contributed by atoms with Crippen molar-refractivity contribution in [1.82, 2.24) is 15.6 Å². The molecule has 2 aromatic carbocycles. The zero-order valence-corrected chi connectivity index (χ0v) is 19.7. The average Bonchev–Trinajstić information content (AvgIpc) is 3.20. The Morgan fingerprint density at radius 2 is 1.83 bits per heavy atom. The second-order valence-corrected chi connectivity index (χ2v) is 10.4. The fourth-order valence-corrected chi connectivity index (χ4v) is 5.47. The quantitative estimate of drug-likeness (QED) is 0.238. The number of rotatable bonds is 9. The number of nitrogens with zero attached hydrogens (tertiary/aromatic N) is 3. The molecule has 0 saturated heterocycles. The molecule has 0 aliphatic rings. The van der Waals surface area contributed by atoms with E-state index in [0.717, 1.165) is 30.6 Å². The predicted molar refractivity (Wildman–Crippen MR) is 128 cm³/mol. The van der Waals surface area contributed by atoms with Crippen molar-refractivity contribution in [1.29, 1.82) is 0 Å². The summed E-state index contributed by atoms with van der Waals surface area (Å²) >= 11 is 10.6. The lowest BCUT2D eigenvalue weighted by molar-refractivity contribution is -0.118. The van der Waals surface area contributed by atoms with Crippen molar-refractivity contribution < 1.29 is 4.79 Å². The molecule has 0 aliphatic carbocycles. The van der Waals surface area contributed by atoms with E-state index in [9.17, 15) is 4.79 Å². The predicted octanol–water partition coefficient (Wildman–Crippen LogP) is 5.85. The maximum absolute atomic E-state index is 12.0. The lowest BCUT2D eigenvalue weighted by Crippen LogP contribution is -2.19. The summed E-state index contributed by atoms with van der Waals surface area (Å²) < 4.78 is 1.60. The van der Waals surface area contributed by atoms with E-state index in [-0.39, 0.29) is 11.7 Å². The Hall–Kier alpha value is -1.87. The number of benzene rings is 2. The third-order valence-electron chi connectivity index (χ3n) is 4.03. The third kappa shape index (κ3) is 7.12. The number of hydrogen-bond acceptors (Lipinski definition) is 7. The number of amides is 1. The number of hydrazone groups is 1. The Kier molecular flexibility index (Phi) is 8.74. The molecular weight excluding hydrogens is 456 g/mol. The molecule has 0 unspecified atom stereocenters. The van der Waals surface area contributed by atoms with Gasteiger partial charge >= 0.3 is 0 Å². The zero-order chi connectivity index (χ0) is 21.3. The summed E-state index contributed by atoms with van der Waals surface area (Å²) in [5.41, 5.74) is 5.82. The van der Waals surface area contributed by atoms with Gasteiger partial charge in [-0.1, -0.05) is 103 Å². The summed E-state index contributed by atoms with van der Waals surface area (Å²) in [5, 5.41) is 13.1. The molecule has 0 radical (unpaired) electrons. The smallest absolute Gasteiger partial charge is 0.250 e. The van der Waals surface area contributed by atoms with Crippen molar-refractivity contribution in [3.63, 3.8) is 0 Å². The molecule has 0 spiro atoms. The summed E-state index contributed by atoms with van der Waals surface area (Å²) in [6.45, 7) is 4.30. The van der Waals surface area contributed by atoms with E-state index in [1.54, 1.807) is 18.0 Å². The number of halogens is 1. The number of carbonyl (C=O) groups is 1. The van der Waals surface area contributed by atoms with Crippen LogP contribution >= 0.6 is 46.5 Å². The molecule has 1 aromatic heterocycles. The van der Waals surface area contributed by atoms with Crippen molar-refractivity contribution in [3.05, 3.63) is 70.2 Å². The van der Waals surface area contributed by atoms with Crippen LogP contribution in [-0.4, -0.2) is 28.1 Å². The molecule has 3 aromatic rings. The van der Waals surface area contributed by atoms with Crippen LogP contribution in [0.2, 0.25) is 5.02 Å². The Labute approximate surface area is 193 Å². The Bertz CT molecular complexity index is 1010. The minimum absolute atomic E-state index is 0.185. The summed E-state index contributed by atoms with van der Waals surface area (Å²) in [6, 6.07) is 15.9. The van der Waals surface area contributed by atoms with Gasteiger partial charge in [0.05, 0.1) is 12.0 Å². The van der Waals surface area contributed by atoms with Crippen LogP contribution < -0.4 is 5.43 Å². The highest BCUT2D eigenvalue weighted by atomic mass is 35.5. The van der Waals surface area contributed by atoms with Crippen molar-refractivity contribution in [2.75, 3.05) is 5.75 Å². The van der Waals surface area contributed by atoms with Crippen molar-refractivity contribution >= 4 is 58.6 Å². The first-order chi connectivity index (χ1) is 14.5. The van der Waals surface area contributed by atoms with E-state index < -0.39 is 0 Å². The zero-order valence-electron chi connectivity index (χ0n) is 16.5. The second-order valence-electron chi connectivity index (χ2n) is 6.62. The van der Waals surface area contributed by atoms with Crippen molar-refractivity contribution in [2.24, 2.45) is 5.10 Å². The first-order valence-corrected chi connectivity index (χ1v) is 12.4. The molecule has 3 rings (SSSR count). The third-order valence-corrected chi connectivity index (χ3v) is 7.64. The molecule has 0 atom stereocenters. The molecule has 156 valence electrons. The van der Waals surface area contributed by atoms with Crippen LogP contribution in [0.15, 0.2) is 62.3 Å². The van der Waals surface area contributed by atoms with Crippen LogP contribution in [0.25, 0.3) is 0 Å². The maximum atomic E-state index is 12.0. The normalized spacial score (nSPS) is 11.3. The highest BCUT2D eigenvalue weighted by molar-refractivity contribution is 8.03. The van der Waals surface area contributed by atoms with E-state index >= 15 is 0 Å². The average molecular weight is 477 g/mol. The van der Waals surface area contributed by atoms with Crippen LogP contribution in [0.5, 0.6) is 0 Å². The number of hydrogen-bond donors (Lipinski definition) is 1. The van der Waals surface area contributed by atoms with Gasteiger partial charge in [-0.05, 0) is 28.7 Å². The molecule has 1 N–H and O–H groups in total. The van der Waals surface area contributed by atoms with Crippen LogP contribution in [0.4, 0.5) is 0 Å². The fraction of sp³-hybridized carbons (Fsp3) is 0.238. The van der Waals surface area contributed by atoms with E-state index in [1.807, 2.05) is 36.4 Å². The molecular formula is C21H21ClN4OS3. The molecule has 1 heterocycles. The fourth-order valence-electron chi connectivity index (χ4n) is 2.37. The van der Waals surface area contributed by atoms with Crippen molar-refractivity contribution in [3.8, 4) is 0 Å². The standard InChI is InChI=1S/C21H21ClN4OS3/c1-14(2)16-9-7-15(8-10-16)11-23-24-19(27)13-29-21-26-25-20(30-21)28-12-17-5-3-4-6-18(17)22/h3-11,14H,12-13H2,1-2H3,(H,24,27)/b23-11+. The van der Waals surface area contributed by atoms with E-state index in [2.05, 4.69) is 46.7 Å². The lowest BCUT2D eigenvalue weighted by atomic mass is 10.0. The number of nitrogens with one attached hydrogen (secondary N) is 1. The molecule has 9 heteroatoms. The van der Waals surface area contributed by atoms with Crippen LogP contribution in [0.1, 0.15) is 36.5 Å². The Morgan fingerprint density at radius 3 is 2.53 bits per heavy atom. The van der Waals surface area contributed by atoms with E-state index in [0.29, 0.717) is 5.92 Å². The SMILES string of the molecule is CC(C)c1ccc(/C=N/NC(=O)CSc2nnc(SCc3ccccc3Cl)s2)cc1. The first kappa shape index (κ1) is 22.8. The van der Waals surface area contributed by atoms with Gasteiger partial charge in [-0.3, -0.25) is 4.79 Å². The van der Waals surface area contributed by atoms with Gasteiger partial charge < -0.3 is 0 Å². The summed E-state index contributed by atoms with van der Waals surface area (Å²) in [5.74, 6) is 1.26. The van der Waals surface area contributed by atoms with Crippen LogP contribution in [-0.2, 0) is 10.5 Å². The first-order valence-electron chi connectivity index (χ1n) is 9.25. The minimum atomic E-state index is -0.185. The van der Waals surface area contributed by atoms with Gasteiger partial charge in [0.2, 0.25) is 0 Å². The molecule has 1 amide bonds. The van der Waals surface area contributed by atoms with Gasteiger partial charge in [0.15, 0.2) is 8.68 Å². The summed E-state index contributed by atoms with van der Waals surface area (Å²) in [7, 11) is 0. The van der Waals surface area contributed by atoms with Gasteiger partial charge in [-0.2, -0.15) is 5.10 Å². The van der Waals surface area contributed by atoms with E-state index in [4.69, 9.17) is 11.6 Å². The summed E-state index contributed by atoms with van der Waals surface area (Å²) in [6.07, 6.45) is 1.64. The number of carbonyl (C=O) groups excluding carboxylic acids is 1. The number of thioether (sulfide) groups is 2. The Morgan fingerprint density at radius 1 is 1.13 bits per heavy atom. The maximum Gasteiger partial charge on any atom is 0.250 e. The molecule has 0 saturated carbocycles. The number of aromatic nitrogens is 2. The Balaban J connectivity index is 1.41. The van der Waals surface area contributed by atoms with Gasteiger partial charge in [0.1, 0.15) is 0 Å². The topological polar surface area (TPSA) is 67.2 Å². The highest BCUT2D eigenvalue weighted by Crippen LogP contribution is 2.32. The van der Waals surface area contributed by atoms with Gasteiger partial charge in [0, 0.05) is 10.8 Å². The van der Waals surface area contributed by atoms with Gasteiger partial charge in [0.25, 0.3) is 5.91 Å². The summed E-state index contributed by atoms with van der Waals surface area (Å²) in [4.78, 5) is 12.0. The van der Waals surface area contributed by atoms with E-state index in [1.165, 1.54) is 28.7 Å². The molecule has 0 bridgehead atoms. The second kappa shape index (κ2) is 11.5. The van der Waals surface area contributed by atoms with Gasteiger partial charge in [-0.15, -0.1) is 10.2 Å².